The van der Waals surface area contributed by atoms with Gasteiger partial charge in [-0.15, -0.1) is 0 Å². The standard InChI is InChI=1S/C16H20N4OS/c1-12-4-3-9-20(10-12)15(21)13-5-7-14(8-6-13)19-16(22-2)18-11-17/h5-8,12H,3-4,9-10H2,1-2H3,(H,18,19). The number of hydrogen-bond acceptors (Lipinski definition) is 4. The molecule has 0 bridgehead atoms. The quantitative estimate of drug-likeness (QED) is 0.394. The molecule has 1 fully saturated rings. The largest absolute Gasteiger partial charge is 0.338 e. The van der Waals surface area contributed by atoms with Gasteiger partial charge in [0.25, 0.3) is 5.91 Å². The number of aliphatic imine (C=N–C) groups is 1. The van der Waals surface area contributed by atoms with Gasteiger partial charge in [0.15, 0.2) is 11.4 Å². The summed E-state index contributed by atoms with van der Waals surface area (Å²) in [5.74, 6) is 0.657. The summed E-state index contributed by atoms with van der Waals surface area (Å²) in [4.78, 5) is 18.7. The summed E-state index contributed by atoms with van der Waals surface area (Å²) in [6, 6.07) is 7.20. The highest BCUT2D eigenvalue weighted by Gasteiger charge is 2.21. The van der Waals surface area contributed by atoms with E-state index in [1.54, 1.807) is 24.3 Å². The van der Waals surface area contributed by atoms with Crippen LogP contribution in [0.4, 0.5) is 5.69 Å². The van der Waals surface area contributed by atoms with Gasteiger partial charge in [0.05, 0.1) is 5.69 Å². The fraction of sp³-hybridized carbons (Fsp3) is 0.438. The molecule has 0 spiro atoms. The number of carbonyl (C=O) groups excluding carboxylic acids is 1. The second-order valence-corrected chi connectivity index (χ2v) is 6.20. The molecule has 1 aliphatic rings. The van der Waals surface area contributed by atoms with E-state index in [-0.39, 0.29) is 5.91 Å². The number of benzene rings is 1. The van der Waals surface area contributed by atoms with Crippen molar-refractivity contribution in [1.29, 1.82) is 5.26 Å². The number of amides is 1. The Morgan fingerprint density at radius 3 is 2.77 bits per heavy atom. The molecule has 1 aliphatic heterocycles. The first-order valence-corrected chi connectivity index (χ1v) is 8.53. The van der Waals surface area contributed by atoms with Crippen molar-refractivity contribution in [1.82, 2.24) is 10.2 Å². The highest BCUT2D eigenvalue weighted by atomic mass is 32.2. The lowest BCUT2D eigenvalue weighted by Gasteiger charge is -2.31. The van der Waals surface area contributed by atoms with Gasteiger partial charge < -0.3 is 4.90 Å². The minimum Gasteiger partial charge on any atom is -0.338 e. The molecule has 116 valence electrons. The fourth-order valence-corrected chi connectivity index (χ4v) is 2.87. The summed E-state index contributed by atoms with van der Waals surface area (Å²) in [5, 5.41) is 11.7. The number of hydrogen-bond donors (Lipinski definition) is 1. The Kier molecular flexibility index (Phi) is 5.84. The van der Waals surface area contributed by atoms with E-state index >= 15 is 0 Å². The molecule has 22 heavy (non-hydrogen) atoms. The van der Waals surface area contributed by atoms with E-state index < -0.39 is 0 Å². The average molecular weight is 316 g/mol. The first-order valence-electron chi connectivity index (χ1n) is 7.31. The number of likely N-dealkylation sites (tertiary alicyclic amines) is 1. The minimum absolute atomic E-state index is 0.0855. The van der Waals surface area contributed by atoms with Crippen molar-refractivity contribution in [3.63, 3.8) is 0 Å². The topological polar surface area (TPSA) is 68.5 Å². The minimum atomic E-state index is 0.0855. The van der Waals surface area contributed by atoms with E-state index in [4.69, 9.17) is 5.26 Å². The predicted octanol–water partition coefficient (Wildman–Crippen LogP) is 2.98. The molecule has 0 saturated carbocycles. The van der Waals surface area contributed by atoms with Crippen molar-refractivity contribution < 1.29 is 4.79 Å². The molecule has 0 radical (unpaired) electrons. The van der Waals surface area contributed by atoms with E-state index in [0.29, 0.717) is 16.6 Å². The first-order chi connectivity index (χ1) is 10.6. The molecule has 5 nitrogen and oxygen atoms in total. The third-order valence-electron chi connectivity index (χ3n) is 3.65. The van der Waals surface area contributed by atoms with Gasteiger partial charge in [-0.2, -0.15) is 5.26 Å². The van der Waals surface area contributed by atoms with Gasteiger partial charge in [-0.25, -0.2) is 4.99 Å². The molecule has 6 heteroatoms. The highest BCUT2D eigenvalue weighted by Crippen LogP contribution is 2.20. The van der Waals surface area contributed by atoms with Crippen LogP contribution in [0.15, 0.2) is 29.3 Å². The van der Waals surface area contributed by atoms with Gasteiger partial charge in [-0.3, -0.25) is 10.1 Å². The van der Waals surface area contributed by atoms with E-state index in [9.17, 15) is 4.79 Å². The lowest BCUT2D eigenvalue weighted by Crippen LogP contribution is -2.39. The van der Waals surface area contributed by atoms with Crippen LogP contribution in [-0.4, -0.2) is 35.3 Å². The average Bonchev–Trinajstić information content (AvgIpc) is 2.54. The van der Waals surface area contributed by atoms with Gasteiger partial charge in [0.2, 0.25) is 0 Å². The maximum absolute atomic E-state index is 12.5. The van der Waals surface area contributed by atoms with E-state index in [1.807, 2.05) is 17.3 Å². The van der Waals surface area contributed by atoms with Crippen molar-refractivity contribution in [3.8, 4) is 6.19 Å². The van der Waals surface area contributed by atoms with Crippen LogP contribution in [0, 0.1) is 17.4 Å². The molecule has 1 aromatic carbocycles. The summed E-state index contributed by atoms with van der Waals surface area (Å²) in [6.07, 6.45) is 5.97. The van der Waals surface area contributed by atoms with Crippen LogP contribution in [0.25, 0.3) is 0 Å². The van der Waals surface area contributed by atoms with Crippen LogP contribution in [0.2, 0.25) is 0 Å². The van der Waals surface area contributed by atoms with Gasteiger partial charge in [0.1, 0.15) is 0 Å². The molecule has 1 saturated heterocycles. The van der Waals surface area contributed by atoms with Crippen LogP contribution in [0.5, 0.6) is 0 Å². The smallest absolute Gasteiger partial charge is 0.253 e. The van der Waals surface area contributed by atoms with Gasteiger partial charge in [0, 0.05) is 18.7 Å². The summed E-state index contributed by atoms with van der Waals surface area (Å²) >= 11 is 1.36. The SMILES string of the molecule is CSC(=Nc1ccc(C(=O)N2CCCC(C)C2)cc1)NC#N. The predicted molar refractivity (Wildman–Crippen MR) is 90.1 cm³/mol. The van der Waals surface area contributed by atoms with Crippen LogP contribution in [0.1, 0.15) is 30.1 Å². The molecule has 1 N–H and O–H groups in total. The molecular formula is C16H20N4OS. The van der Waals surface area contributed by atoms with E-state index in [0.717, 1.165) is 25.2 Å². The number of amidine groups is 1. The Bertz CT molecular complexity index is 591. The van der Waals surface area contributed by atoms with Crippen LogP contribution >= 0.6 is 11.8 Å². The number of thioether (sulfide) groups is 1. The number of nitriles is 1. The number of rotatable bonds is 2. The molecule has 1 heterocycles. The number of carbonyl (C=O) groups is 1. The van der Waals surface area contributed by atoms with Crippen molar-refractivity contribution in [2.24, 2.45) is 10.9 Å². The number of nitrogens with one attached hydrogen (secondary N) is 1. The zero-order valence-electron chi connectivity index (χ0n) is 12.9. The molecule has 0 aliphatic carbocycles. The summed E-state index contributed by atoms with van der Waals surface area (Å²) in [7, 11) is 0. The lowest BCUT2D eigenvalue weighted by molar-refractivity contribution is 0.0683. The van der Waals surface area contributed by atoms with Gasteiger partial charge >= 0.3 is 0 Å². The first kappa shape index (κ1) is 16.4. The summed E-state index contributed by atoms with van der Waals surface area (Å²) < 4.78 is 0. The van der Waals surface area contributed by atoms with Crippen molar-refractivity contribution >= 4 is 28.5 Å². The Morgan fingerprint density at radius 1 is 1.45 bits per heavy atom. The Labute approximate surface area is 135 Å². The van der Waals surface area contributed by atoms with Crippen molar-refractivity contribution in [2.45, 2.75) is 19.8 Å². The third-order valence-corrected chi connectivity index (χ3v) is 4.23. The van der Waals surface area contributed by atoms with Crippen LogP contribution < -0.4 is 5.32 Å². The molecule has 1 unspecified atom stereocenters. The van der Waals surface area contributed by atoms with Crippen LogP contribution in [0.3, 0.4) is 0 Å². The molecule has 0 aromatic heterocycles. The van der Waals surface area contributed by atoms with Crippen molar-refractivity contribution in [2.75, 3.05) is 19.3 Å². The van der Waals surface area contributed by atoms with Gasteiger partial charge in [-0.1, -0.05) is 18.7 Å². The molecule has 1 aromatic rings. The third kappa shape index (κ3) is 4.25. The fourth-order valence-electron chi connectivity index (χ4n) is 2.52. The Hall–Kier alpha value is -2.00. The highest BCUT2D eigenvalue weighted by molar-refractivity contribution is 8.13. The zero-order chi connectivity index (χ0) is 15.9. The van der Waals surface area contributed by atoms with Crippen molar-refractivity contribution in [3.05, 3.63) is 29.8 Å². The van der Waals surface area contributed by atoms with Crippen LogP contribution in [-0.2, 0) is 0 Å². The summed E-state index contributed by atoms with van der Waals surface area (Å²) in [5.41, 5.74) is 1.41. The maximum Gasteiger partial charge on any atom is 0.253 e. The lowest BCUT2D eigenvalue weighted by atomic mass is 9.99. The zero-order valence-corrected chi connectivity index (χ0v) is 13.7. The molecule has 1 amide bonds. The monoisotopic (exact) mass is 316 g/mol. The Morgan fingerprint density at radius 2 is 2.18 bits per heavy atom. The summed E-state index contributed by atoms with van der Waals surface area (Å²) in [6.45, 7) is 3.86. The number of nitrogens with zero attached hydrogens (tertiary/aromatic N) is 3. The number of piperidine rings is 1. The van der Waals surface area contributed by atoms with E-state index in [2.05, 4.69) is 17.2 Å². The second kappa shape index (κ2) is 7.85. The molecular weight excluding hydrogens is 296 g/mol. The molecule has 1 atom stereocenters. The molecule has 2 rings (SSSR count). The normalized spacial score (nSPS) is 18.7. The van der Waals surface area contributed by atoms with E-state index in [1.165, 1.54) is 18.2 Å². The maximum atomic E-state index is 12.5. The Balaban J connectivity index is 2.08. The van der Waals surface area contributed by atoms with Gasteiger partial charge in [-0.05, 0) is 49.3 Å². The second-order valence-electron chi connectivity index (χ2n) is 5.40.